The minimum atomic E-state index is -0.562. The van der Waals surface area contributed by atoms with E-state index in [2.05, 4.69) is 15.9 Å². The molecular weight excluding hydrogens is 262 g/mol. The lowest BCUT2D eigenvalue weighted by Crippen LogP contribution is -1.85. The average molecular weight is 269 g/mol. The Balaban J connectivity index is 2.49. The summed E-state index contributed by atoms with van der Waals surface area (Å²) < 4.78 is 27.0. The van der Waals surface area contributed by atoms with Crippen molar-refractivity contribution in [2.75, 3.05) is 0 Å². The molecule has 0 atom stereocenters. The quantitative estimate of drug-likeness (QED) is 0.720. The van der Waals surface area contributed by atoms with Gasteiger partial charge in [0.25, 0.3) is 0 Å². The summed E-state index contributed by atoms with van der Waals surface area (Å²) >= 11 is 3.29. The first-order valence-corrected chi connectivity index (χ1v) is 5.17. The molecule has 2 rings (SSSR count). The maximum atomic E-state index is 13.4. The smallest absolute Gasteiger partial charge is 0.133 e. The molecule has 0 fully saturated rings. The third-order valence-corrected chi connectivity index (χ3v) is 2.62. The SMILES string of the molecule is Fc1ccc(-c2ccc(Br)cc2)c(F)c1. The summed E-state index contributed by atoms with van der Waals surface area (Å²) in [5.41, 5.74) is 1.14. The second-order valence-electron chi connectivity index (χ2n) is 3.13. The highest BCUT2D eigenvalue weighted by Crippen LogP contribution is 2.24. The summed E-state index contributed by atoms with van der Waals surface area (Å²) in [6, 6.07) is 10.8. The van der Waals surface area contributed by atoms with E-state index < -0.39 is 11.6 Å². The first-order chi connectivity index (χ1) is 7.16. The van der Waals surface area contributed by atoms with E-state index in [9.17, 15) is 8.78 Å². The summed E-state index contributed by atoms with van der Waals surface area (Å²) in [7, 11) is 0. The Morgan fingerprint density at radius 2 is 1.53 bits per heavy atom. The molecule has 0 unspecified atom stereocenters. The van der Waals surface area contributed by atoms with Crippen molar-refractivity contribution in [1.29, 1.82) is 0 Å². The van der Waals surface area contributed by atoms with E-state index in [1.165, 1.54) is 12.1 Å². The van der Waals surface area contributed by atoms with Crippen molar-refractivity contribution in [2.45, 2.75) is 0 Å². The molecule has 2 aromatic carbocycles. The van der Waals surface area contributed by atoms with Crippen LogP contribution in [0.3, 0.4) is 0 Å². The molecule has 3 heteroatoms. The Hall–Kier alpha value is -1.22. The summed E-state index contributed by atoms with van der Waals surface area (Å²) in [6.07, 6.45) is 0. The highest BCUT2D eigenvalue weighted by atomic mass is 79.9. The molecule has 0 bridgehead atoms. The molecule has 0 aliphatic rings. The van der Waals surface area contributed by atoms with Gasteiger partial charge in [0, 0.05) is 16.1 Å². The van der Waals surface area contributed by atoms with Crippen molar-refractivity contribution < 1.29 is 8.78 Å². The molecule has 0 heterocycles. The molecule has 0 aliphatic carbocycles. The van der Waals surface area contributed by atoms with Crippen LogP contribution in [0, 0.1) is 11.6 Å². The van der Waals surface area contributed by atoms with E-state index >= 15 is 0 Å². The van der Waals surface area contributed by atoms with Crippen LogP contribution < -0.4 is 0 Å². The van der Waals surface area contributed by atoms with E-state index in [1.54, 1.807) is 12.1 Å². The molecule has 0 saturated carbocycles. The first kappa shape index (κ1) is 10.3. The fourth-order valence-electron chi connectivity index (χ4n) is 1.35. The number of rotatable bonds is 1. The molecule has 0 aliphatic heterocycles. The van der Waals surface area contributed by atoms with Crippen LogP contribution in [-0.4, -0.2) is 0 Å². The molecule has 0 amide bonds. The number of hydrogen-bond acceptors (Lipinski definition) is 0. The zero-order valence-corrected chi connectivity index (χ0v) is 9.26. The van der Waals surface area contributed by atoms with Crippen LogP contribution in [0.2, 0.25) is 0 Å². The summed E-state index contributed by atoms with van der Waals surface area (Å²) in [4.78, 5) is 0. The largest absolute Gasteiger partial charge is 0.207 e. The summed E-state index contributed by atoms with van der Waals surface area (Å²) in [5, 5.41) is 0. The Labute approximate surface area is 94.7 Å². The topological polar surface area (TPSA) is 0 Å². The molecule has 0 aromatic heterocycles. The maximum absolute atomic E-state index is 13.4. The third kappa shape index (κ3) is 2.23. The van der Waals surface area contributed by atoms with Gasteiger partial charge >= 0.3 is 0 Å². The van der Waals surface area contributed by atoms with Gasteiger partial charge < -0.3 is 0 Å². The van der Waals surface area contributed by atoms with E-state index in [0.29, 0.717) is 5.56 Å². The molecule has 2 aromatic rings. The van der Waals surface area contributed by atoms with Gasteiger partial charge in [-0.15, -0.1) is 0 Å². The average Bonchev–Trinajstić information content (AvgIpc) is 2.20. The van der Waals surface area contributed by atoms with Crippen LogP contribution in [0.4, 0.5) is 8.78 Å². The Morgan fingerprint density at radius 1 is 0.867 bits per heavy atom. The van der Waals surface area contributed by atoms with Crippen LogP contribution in [0.5, 0.6) is 0 Å². The lowest BCUT2D eigenvalue weighted by molar-refractivity contribution is 0.585. The maximum Gasteiger partial charge on any atom is 0.133 e. The monoisotopic (exact) mass is 268 g/mol. The molecule has 76 valence electrons. The molecule has 0 radical (unpaired) electrons. The standard InChI is InChI=1S/C12H7BrF2/c13-9-3-1-8(2-4-9)11-6-5-10(14)7-12(11)15/h1-7H. The Kier molecular flexibility index (Phi) is 2.82. The van der Waals surface area contributed by atoms with Gasteiger partial charge in [-0.05, 0) is 29.8 Å². The van der Waals surface area contributed by atoms with Gasteiger partial charge in [-0.2, -0.15) is 0 Å². The van der Waals surface area contributed by atoms with Gasteiger partial charge in [0.2, 0.25) is 0 Å². The lowest BCUT2D eigenvalue weighted by Gasteiger charge is -2.03. The molecule has 0 nitrogen and oxygen atoms in total. The van der Waals surface area contributed by atoms with Crippen molar-refractivity contribution in [3.63, 3.8) is 0 Å². The van der Waals surface area contributed by atoms with Crippen LogP contribution in [0.1, 0.15) is 0 Å². The Bertz CT molecular complexity index is 477. The predicted octanol–water partition coefficient (Wildman–Crippen LogP) is 4.39. The second-order valence-corrected chi connectivity index (χ2v) is 4.05. The van der Waals surface area contributed by atoms with Crippen LogP contribution >= 0.6 is 15.9 Å². The minimum Gasteiger partial charge on any atom is -0.207 e. The van der Waals surface area contributed by atoms with Gasteiger partial charge in [-0.3, -0.25) is 0 Å². The zero-order valence-electron chi connectivity index (χ0n) is 7.68. The van der Waals surface area contributed by atoms with Gasteiger partial charge in [0.15, 0.2) is 0 Å². The molecule has 15 heavy (non-hydrogen) atoms. The number of benzene rings is 2. The highest BCUT2D eigenvalue weighted by Gasteiger charge is 2.05. The van der Waals surface area contributed by atoms with Crippen molar-refractivity contribution in [1.82, 2.24) is 0 Å². The van der Waals surface area contributed by atoms with E-state index in [1.807, 2.05) is 12.1 Å². The predicted molar refractivity (Wildman–Crippen MR) is 59.5 cm³/mol. The van der Waals surface area contributed by atoms with Crippen LogP contribution in [0.25, 0.3) is 11.1 Å². The normalized spacial score (nSPS) is 10.3. The third-order valence-electron chi connectivity index (χ3n) is 2.09. The fraction of sp³-hybridized carbons (Fsp3) is 0. The van der Waals surface area contributed by atoms with Crippen molar-refractivity contribution >= 4 is 15.9 Å². The number of hydrogen-bond donors (Lipinski definition) is 0. The van der Waals surface area contributed by atoms with Gasteiger partial charge in [-0.1, -0.05) is 28.1 Å². The molecule has 0 saturated heterocycles. The fourth-order valence-corrected chi connectivity index (χ4v) is 1.62. The number of halogens is 3. The van der Waals surface area contributed by atoms with Crippen LogP contribution in [0.15, 0.2) is 46.9 Å². The van der Waals surface area contributed by atoms with E-state index in [4.69, 9.17) is 0 Å². The van der Waals surface area contributed by atoms with Crippen molar-refractivity contribution in [3.8, 4) is 11.1 Å². The van der Waals surface area contributed by atoms with Gasteiger partial charge in [0.05, 0.1) is 0 Å². The highest BCUT2D eigenvalue weighted by molar-refractivity contribution is 9.10. The lowest BCUT2D eigenvalue weighted by atomic mass is 10.1. The Morgan fingerprint density at radius 3 is 2.13 bits per heavy atom. The molecule has 0 spiro atoms. The molecule has 0 N–H and O–H groups in total. The zero-order chi connectivity index (χ0) is 10.8. The van der Waals surface area contributed by atoms with E-state index in [-0.39, 0.29) is 0 Å². The van der Waals surface area contributed by atoms with E-state index in [0.717, 1.165) is 16.1 Å². The van der Waals surface area contributed by atoms with Gasteiger partial charge in [0.1, 0.15) is 11.6 Å². The van der Waals surface area contributed by atoms with Crippen LogP contribution in [-0.2, 0) is 0 Å². The van der Waals surface area contributed by atoms with Crippen molar-refractivity contribution in [2.24, 2.45) is 0 Å². The minimum absolute atomic E-state index is 0.406. The molecular formula is C12H7BrF2. The van der Waals surface area contributed by atoms with Crippen molar-refractivity contribution in [3.05, 3.63) is 58.6 Å². The van der Waals surface area contributed by atoms with Gasteiger partial charge in [-0.25, -0.2) is 8.78 Å². The second kappa shape index (κ2) is 4.11. The first-order valence-electron chi connectivity index (χ1n) is 4.38. The summed E-state index contributed by atoms with van der Waals surface area (Å²) in [5.74, 6) is -1.11. The summed E-state index contributed by atoms with van der Waals surface area (Å²) in [6.45, 7) is 0.